The zero-order chi connectivity index (χ0) is 14.3. The quantitative estimate of drug-likeness (QED) is 0.917. The number of carbonyl (C=O) groups is 1. The van der Waals surface area contributed by atoms with Gasteiger partial charge >= 0.3 is 0 Å². The van der Waals surface area contributed by atoms with Gasteiger partial charge in [-0.1, -0.05) is 12.1 Å². The lowest BCUT2D eigenvalue weighted by Crippen LogP contribution is -2.41. The first-order chi connectivity index (χ1) is 9.56. The second kappa shape index (κ2) is 5.12. The summed E-state index contributed by atoms with van der Waals surface area (Å²) in [7, 11) is 4.12. The summed E-state index contributed by atoms with van der Waals surface area (Å²) in [6.45, 7) is 1.64. The molecule has 1 aromatic carbocycles. The van der Waals surface area contributed by atoms with Gasteiger partial charge in [-0.05, 0) is 48.8 Å². The van der Waals surface area contributed by atoms with E-state index in [-0.39, 0.29) is 5.91 Å². The van der Waals surface area contributed by atoms with Crippen LogP contribution in [0.3, 0.4) is 0 Å². The van der Waals surface area contributed by atoms with Crippen molar-refractivity contribution in [1.82, 2.24) is 5.32 Å². The molecule has 0 radical (unpaired) electrons. The molecule has 3 heteroatoms. The van der Waals surface area contributed by atoms with Crippen LogP contribution < -0.4 is 10.2 Å². The second-order valence-corrected chi connectivity index (χ2v) is 6.57. The Hall–Kier alpha value is -1.51. The highest BCUT2D eigenvalue weighted by Crippen LogP contribution is 2.53. The summed E-state index contributed by atoms with van der Waals surface area (Å²) in [5.74, 6) is 2.05. The van der Waals surface area contributed by atoms with Crippen LogP contribution in [0.4, 0.5) is 5.69 Å². The summed E-state index contributed by atoms with van der Waals surface area (Å²) >= 11 is 0. The molecular formula is C17H24N2O. The van der Waals surface area contributed by atoms with Crippen LogP contribution in [0.5, 0.6) is 0 Å². The Kier molecular flexibility index (Phi) is 3.45. The van der Waals surface area contributed by atoms with Gasteiger partial charge in [0.1, 0.15) is 0 Å². The summed E-state index contributed by atoms with van der Waals surface area (Å²) < 4.78 is 0. The van der Waals surface area contributed by atoms with Gasteiger partial charge in [0, 0.05) is 38.7 Å². The Bertz CT molecular complexity index is 494. The largest absolute Gasteiger partial charge is 0.378 e. The smallest absolute Gasteiger partial charge is 0.217 e. The van der Waals surface area contributed by atoms with Crippen molar-refractivity contribution in [3.05, 3.63) is 29.8 Å². The third kappa shape index (κ3) is 2.30. The summed E-state index contributed by atoms with van der Waals surface area (Å²) in [6, 6.07) is 9.21. The van der Waals surface area contributed by atoms with E-state index in [1.165, 1.54) is 30.5 Å². The van der Waals surface area contributed by atoms with Crippen LogP contribution >= 0.6 is 0 Å². The molecule has 2 bridgehead atoms. The lowest BCUT2D eigenvalue weighted by atomic mass is 9.79. The van der Waals surface area contributed by atoms with Crippen molar-refractivity contribution in [3.8, 4) is 0 Å². The fourth-order valence-electron chi connectivity index (χ4n) is 4.21. The molecule has 2 aliphatic rings. The average Bonchev–Trinajstić information content (AvgIpc) is 2.99. The fourth-order valence-corrected chi connectivity index (χ4v) is 4.21. The number of fused-ring (bicyclic) bond motifs is 2. The maximum atomic E-state index is 11.5. The first kappa shape index (κ1) is 13.5. The number of rotatable bonds is 3. The van der Waals surface area contributed by atoms with Crippen molar-refractivity contribution in [2.24, 2.45) is 11.8 Å². The minimum absolute atomic E-state index is 0.109. The van der Waals surface area contributed by atoms with E-state index in [1.54, 1.807) is 6.92 Å². The lowest BCUT2D eigenvalue weighted by Gasteiger charge is -2.32. The van der Waals surface area contributed by atoms with Gasteiger partial charge in [0.2, 0.25) is 5.91 Å². The van der Waals surface area contributed by atoms with Gasteiger partial charge in [-0.25, -0.2) is 0 Å². The van der Waals surface area contributed by atoms with Crippen molar-refractivity contribution in [2.45, 2.75) is 38.1 Å². The highest BCUT2D eigenvalue weighted by Gasteiger charge is 2.48. The van der Waals surface area contributed by atoms with E-state index in [0.717, 1.165) is 5.92 Å². The average molecular weight is 272 g/mol. The van der Waals surface area contributed by atoms with Crippen molar-refractivity contribution >= 4 is 11.6 Å². The minimum atomic E-state index is 0.109. The van der Waals surface area contributed by atoms with E-state index in [1.807, 2.05) is 0 Å². The number of hydrogen-bond donors (Lipinski definition) is 1. The normalized spacial score (nSPS) is 31.4. The Balaban J connectivity index is 1.85. The third-order valence-corrected chi connectivity index (χ3v) is 5.08. The van der Waals surface area contributed by atoms with Gasteiger partial charge in [-0.15, -0.1) is 0 Å². The minimum Gasteiger partial charge on any atom is -0.378 e. The maximum absolute atomic E-state index is 11.5. The molecule has 2 aliphatic carbocycles. The van der Waals surface area contributed by atoms with Crippen LogP contribution in [0.15, 0.2) is 24.3 Å². The van der Waals surface area contributed by atoms with Crippen molar-refractivity contribution in [2.75, 3.05) is 19.0 Å². The molecule has 0 aliphatic heterocycles. The number of carbonyl (C=O) groups excluding carboxylic acids is 1. The molecule has 1 N–H and O–H groups in total. The molecule has 0 spiro atoms. The molecule has 2 fully saturated rings. The number of nitrogens with one attached hydrogen (secondary N) is 1. The summed E-state index contributed by atoms with van der Waals surface area (Å²) in [6.07, 6.45) is 3.88. The van der Waals surface area contributed by atoms with E-state index in [4.69, 9.17) is 0 Å². The molecule has 0 unspecified atom stereocenters. The Morgan fingerprint density at radius 3 is 2.40 bits per heavy atom. The zero-order valence-electron chi connectivity index (χ0n) is 12.6. The predicted octanol–water partition coefficient (Wildman–Crippen LogP) is 2.77. The van der Waals surface area contributed by atoms with Crippen LogP contribution in [0.1, 0.15) is 37.7 Å². The van der Waals surface area contributed by atoms with E-state index in [2.05, 4.69) is 48.6 Å². The van der Waals surface area contributed by atoms with Crippen molar-refractivity contribution < 1.29 is 4.79 Å². The molecule has 0 saturated heterocycles. The Morgan fingerprint density at radius 2 is 1.80 bits per heavy atom. The molecular weight excluding hydrogens is 248 g/mol. The monoisotopic (exact) mass is 272 g/mol. The van der Waals surface area contributed by atoms with Gasteiger partial charge < -0.3 is 10.2 Å². The van der Waals surface area contributed by atoms with Crippen LogP contribution in [-0.4, -0.2) is 26.0 Å². The highest BCUT2D eigenvalue weighted by atomic mass is 16.1. The molecule has 108 valence electrons. The van der Waals surface area contributed by atoms with Gasteiger partial charge in [0.05, 0.1) is 0 Å². The lowest BCUT2D eigenvalue weighted by molar-refractivity contribution is -0.120. The fraction of sp³-hybridized carbons (Fsp3) is 0.588. The topological polar surface area (TPSA) is 32.3 Å². The first-order valence-electron chi connectivity index (χ1n) is 7.60. The van der Waals surface area contributed by atoms with Crippen LogP contribution in [0.2, 0.25) is 0 Å². The summed E-state index contributed by atoms with van der Waals surface area (Å²) in [5.41, 5.74) is 2.62. The summed E-state index contributed by atoms with van der Waals surface area (Å²) in [5, 5.41) is 3.21. The molecule has 0 aromatic heterocycles. The SMILES string of the molecule is CC(=O)N[C@@H]1[C@H]2CC[C@H](C2)[C@H]1c1ccc(N(C)C)cc1. The highest BCUT2D eigenvalue weighted by molar-refractivity contribution is 5.73. The molecule has 1 aromatic rings. The van der Waals surface area contributed by atoms with Crippen molar-refractivity contribution in [3.63, 3.8) is 0 Å². The number of benzene rings is 1. The maximum Gasteiger partial charge on any atom is 0.217 e. The molecule has 3 nitrogen and oxygen atoms in total. The number of nitrogens with zero attached hydrogens (tertiary/aromatic N) is 1. The van der Waals surface area contributed by atoms with Gasteiger partial charge in [-0.2, -0.15) is 0 Å². The number of hydrogen-bond acceptors (Lipinski definition) is 2. The molecule has 4 atom stereocenters. The van der Waals surface area contributed by atoms with Crippen LogP contribution in [0.25, 0.3) is 0 Å². The molecule has 2 saturated carbocycles. The zero-order valence-corrected chi connectivity index (χ0v) is 12.6. The third-order valence-electron chi connectivity index (χ3n) is 5.08. The second-order valence-electron chi connectivity index (χ2n) is 6.57. The Labute approximate surface area is 121 Å². The van der Waals surface area contributed by atoms with Crippen molar-refractivity contribution in [1.29, 1.82) is 0 Å². The van der Waals surface area contributed by atoms with Gasteiger partial charge in [-0.3, -0.25) is 4.79 Å². The molecule has 0 heterocycles. The number of anilines is 1. The van der Waals surface area contributed by atoms with Gasteiger partial charge in [0.15, 0.2) is 0 Å². The number of amides is 1. The summed E-state index contributed by atoms with van der Waals surface area (Å²) in [4.78, 5) is 13.6. The van der Waals surface area contributed by atoms with Crippen LogP contribution in [0, 0.1) is 11.8 Å². The molecule has 3 rings (SSSR count). The first-order valence-corrected chi connectivity index (χ1v) is 7.60. The van der Waals surface area contributed by atoms with E-state index < -0.39 is 0 Å². The Morgan fingerprint density at radius 1 is 1.15 bits per heavy atom. The van der Waals surface area contributed by atoms with E-state index in [9.17, 15) is 4.79 Å². The van der Waals surface area contributed by atoms with E-state index in [0.29, 0.717) is 17.9 Å². The van der Waals surface area contributed by atoms with Crippen LogP contribution in [-0.2, 0) is 4.79 Å². The standard InChI is InChI=1S/C17H24N2O/c1-11(20)18-17-14-5-4-13(10-14)16(17)12-6-8-15(9-7-12)19(2)3/h6-9,13-14,16-17H,4-5,10H2,1-3H3,(H,18,20)/t13-,14+,16-,17-/m1/s1. The predicted molar refractivity (Wildman–Crippen MR) is 81.9 cm³/mol. The van der Waals surface area contributed by atoms with Gasteiger partial charge in [0.25, 0.3) is 0 Å². The molecule has 1 amide bonds. The van der Waals surface area contributed by atoms with E-state index >= 15 is 0 Å². The molecule has 20 heavy (non-hydrogen) atoms.